The lowest BCUT2D eigenvalue weighted by Gasteiger charge is -2.08. The molecule has 1 heterocycles. The Hall–Kier alpha value is -4.51. The van der Waals surface area contributed by atoms with Crippen LogP contribution in [0.3, 0.4) is 0 Å². The maximum atomic E-state index is 12.5. The summed E-state index contributed by atoms with van der Waals surface area (Å²) in [5, 5.41) is 17.0. The molecule has 0 radical (unpaired) electrons. The van der Waals surface area contributed by atoms with Gasteiger partial charge in [-0.3, -0.25) is 19.4 Å². The average molecular weight is 399 g/mol. The molecule has 0 fully saturated rings. The van der Waals surface area contributed by atoms with E-state index in [1.54, 1.807) is 48.5 Å². The molecular weight excluding hydrogens is 382 g/mol. The van der Waals surface area contributed by atoms with Crippen LogP contribution < -0.4 is 16.0 Å². The normalized spacial score (nSPS) is 9.87. The Morgan fingerprint density at radius 3 is 2.17 bits per heavy atom. The van der Waals surface area contributed by atoms with Crippen LogP contribution in [0.2, 0.25) is 0 Å². The molecule has 2 aromatic carbocycles. The fourth-order valence-electron chi connectivity index (χ4n) is 2.60. The highest BCUT2D eigenvalue weighted by Crippen LogP contribution is 2.15. The van der Waals surface area contributed by atoms with Crippen LogP contribution >= 0.6 is 0 Å². The molecular formula is C22H17N5O3. The summed E-state index contributed by atoms with van der Waals surface area (Å²) in [4.78, 5) is 40.0. The lowest BCUT2D eigenvalue weighted by atomic mass is 10.1. The van der Waals surface area contributed by atoms with Crippen LogP contribution in [0.15, 0.2) is 66.9 Å². The van der Waals surface area contributed by atoms with Crippen LogP contribution in [0, 0.1) is 11.3 Å². The second-order valence-electron chi connectivity index (χ2n) is 6.29. The molecule has 0 atom stereocenters. The SMILES string of the molecule is CC(=O)Nc1ccc(NC(=O)c2cc(C(=O)Nc3cccc(C#N)c3)ccn2)cc1. The van der Waals surface area contributed by atoms with E-state index in [-0.39, 0.29) is 17.2 Å². The number of carbonyl (C=O) groups excluding carboxylic acids is 3. The number of benzene rings is 2. The number of aromatic nitrogens is 1. The number of amides is 3. The standard InChI is InChI=1S/C22H17N5O3/c1-14(28)25-17-5-7-18(8-6-17)26-22(30)20-12-16(9-10-24-20)21(29)27-19-4-2-3-15(11-19)13-23/h2-12H,1H3,(H,25,28)(H,26,30)(H,27,29). The third-order valence-electron chi connectivity index (χ3n) is 3.97. The molecule has 0 bridgehead atoms. The van der Waals surface area contributed by atoms with Crippen LogP contribution in [-0.4, -0.2) is 22.7 Å². The monoisotopic (exact) mass is 399 g/mol. The molecule has 1 aromatic heterocycles. The summed E-state index contributed by atoms with van der Waals surface area (Å²) < 4.78 is 0. The van der Waals surface area contributed by atoms with Crippen molar-refractivity contribution in [2.45, 2.75) is 6.92 Å². The number of pyridine rings is 1. The van der Waals surface area contributed by atoms with E-state index < -0.39 is 11.8 Å². The van der Waals surface area contributed by atoms with Gasteiger partial charge in [0.2, 0.25) is 5.91 Å². The van der Waals surface area contributed by atoms with Gasteiger partial charge in [-0.2, -0.15) is 5.26 Å². The number of nitriles is 1. The summed E-state index contributed by atoms with van der Waals surface area (Å²) in [6.45, 7) is 1.41. The Labute approximate surface area is 172 Å². The molecule has 0 aliphatic carbocycles. The molecule has 0 aliphatic heterocycles. The highest BCUT2D eigenvalue weighted by molar-refractivity contribution is 6.08. The van der Waals surface area contributed by atoms with Crippen LogP contribution in [0.5, 0.6) is 0 Å². The third kappa shape index (κ3) is 5.27. The summed E-state index contributed by atoms with van der Waals surface area (Å²) in [7, 11) is 0. The maximum absolute atomic E-state index is 12.5. The van der Waals surface area contributed by atoms with Gasteiger partial charge in [0.1, 0.15) is 5.69 Å². The number of hydrogen-bond acceptors (Lipinski definition) is 5. The summed E-state index contributed by atoms with van der Waals surface area (Å²) in [5.74, 6) is -1.10. The lowest BCUT2D eigenvalue weighted by Crippen LogP contribution is -2.17. The quantitative estimate of drug-likeness (QED) is 0.606. The van der Waals surface area contributed by atoms with E-state index in [4.69, 9.17) is 5.26 Å². The minimum absolute atomic E-state index is 0.0689. The Morgan fingerprint density at radius 1 is 0.833 bits per heavy atom. The van der Waals surface area contributed by atoms with Crippen LogP contribution in [-0.2, 0) is 4.79 Å². The first kappa shape index (κ1) is 20.2. The Balaban J connectivity index is 1.69. The van der Waals surface area contributed by atoms with Crippen LogP contribution in [0.4, 0.5) is 17.1 Å². The molecule has 148 valence electrons. The van der Waals surface area contributed by atoms with E-state index in [2.05, 4.69) is 20.9 Å². The van der Waals surface area contributed by atoms with Crippen molar-refractivity contribution in [3.05, 3.63) is 83.7 Å². The minimum atomic E-state index is -0.483. The van der Waals surface area contributed by atoms with Gasteiger partial charge in [-0.15, -0.1) is 0 Å². The van der Waals surface area contributed by atoms with Crippen molar-refractivity contribution in [2.24, 2.45) is 0 Å². The van der Waals surface area contributed by atoms with E-state index >= 15 is 0 Å². The highest BCUT2D eigenvalue weighted by atomic mass is 16.2. The van der Waals surface area contributed by atoms with Crippen molar-refractivity contribution in [1.82, 2.24) is 4.98 Å². The first-order valence-electron chi connectivity index (χ1n) is 8.91. The fourth-order valence-corrected chi connectivity index (χ4v) is 2.60. The Kier molecular flexibility index (Phi) is 6.15. The zero-order valence-electron chi connectivity index (χ0n) is 16.0. The second kappa shape index (κ2) is 9.12. The zero-order chi connectivity index (χ0) is 21.5. The number of carbonyl (C=O) groups is 3. The van der Waals surface area contributed by atoms with Gasteiger partial charge in [-0.05, 0) is 54.6 Å². The molecule has 30 heavy (non-hydrogen) atoms. The molecule has 0 saturated heterocycles. The van der Waals surface area contributed by atoms with Gasteiger partial charge >= 0.3 is 0 Å². The average Bonchev–Trinajstić information content (AvgIpc) is 2.75. The maximum Gasteiger partial charge on any atom is 0.274 e. The topological polar surface area (TPSA) is 124 Å². The van der Waals surface area contributed by atoms with Gasteiger partial charge in [0.25, 0.3) is 11.8 Å². The number of hydrogen-bond donors (Lipinski definition) is 3. The predicted molar refractivity (Wildman–Crippen MR) is 112 cm³/mol. The van der Waals surface area contributed by atoms with Gasteiger partial charge in [0, 0.05) is 35.7 Å². The van der Waals surface area contributed by atoms with Crippen molar-refractivity contribution >= 4 is 34.8 Å². The second-order valence-corrected chi connectivity index (χ2v) is 6.29. The summed E-state index contributed by atoms with van der Waals surface area (Å²) in [6, 6.07) is 18.0. The molecule has 0 unspecified atom stereocenters. The smallest absolute Gasteiger partial charge is 0.274 e. The van der Waals surface area contributed by atoms with Gasteiger partial charge in [0.05, 0.1) is 11.6 Å². The Bertz CT molecular complexity index is 1150. The first-order valence-corrected chi connectivity index (χ1v) is 8.91. The van der Waals surface area contributed by atoms with Gasteiger partial charge in [0.15, 0.2) is 0 Å². The number of nitrogens with zero attached hydrogens (tertiary/aromatic N) is 2. The van der Waals surface area contributed by atoms with E-state index in [0.29, 0.717) is 22.6 Å². The molecule has 8 heteroatoms. The van der Waals surface area contributed by atoms with E-state index in [9.17, 15) is 14.4 Å². The van der Waals surface area contributed by atoms with Crippen molar-refractivity contribution < 1.29 is 14.4 Å². The van der Waals surface area contributed by atoms with E-state index in [1.165, 1.54) is 25.3 Å². The van der Waals surface area contributed by atoms with Gasteiger partial charge < -0.3 is 16.0 Å². The van der Waals surface area contributed by atoms with Crippen molar-refractivity contribution in [1.29, 1.82) is 5.26 Å². The zero-order valence-corrected chi connectivity index (χ0v) is 16.0. The molecule has 3 rings (SSSR count). The molecule has 0 aliphatic rings. The molecule has 3 N–H and O–H groups in total. The van der Waals surface area contributed by atoms with Crippen molar-refractivity contribution in [3.8, 4) is 6.07 Å². The van der Waals surface area contributed by atoms with Crippen molar-refractivity contribution in [3.63, 3.8) is 0 Å². The largest absolute Gasteiger partial charge is 0.326 e. The summed E-state index contributed by atoms with van der Waals surface area (Å²) >= 11 is 0. The third-order valence-corrected chi connectivity index (χ3v) is 3.97. The fraction of sp³-hybridized carbons (Fsp3) is 0.0455. The Morgan fingerprint density at radius 2 is 1.50 bits per heavy atom. The highest BCUT2D eigenvalue weighted by Gasteiger charge is 2.13. The lowest BCUT2D eigenvalue weighted by molar-refractivity contribution is -0.114. The van der Waals surface area contributed by atoms with Gasteiger partial charge in [-0.25, -0.2) is 0 Å². The molecule has 3 amide bonds. The van der Waals surface area contributed by atoms with E-state index in [0.717, 1.165) is 0 Å². The molecule has 8 nitrogen and oxygen atoms in total. The number of anilines is 3. The molecule has 0 spiro atoms. The number of rotatable bonds is 5. The molecule has 3 aromatic rings. The molecule has 0 saturated carbocycles. The first-order chi connectivity index (χ1) is 14.4. The number of nitrogens with one attached hydrogen (secondary N) is 3. The summed E-state index contributed by atoms with van der Waals surface area (Å²) in [6.07, 6.45) is 1.37. The predicted octanol–water partition coefficient (Wildman–Crippen LogP) is 3.42. The van der Waals surface area contributed by atoms with Crippen LogP contribution in [0.25, 0.3) is 0 Å². The van der Waals surface area contributed by atoms with Crippen molar-refractivity contribution in [2.75, 3.05) is 16.0 Å². The van der Waals surface area contributed by atoms with Crippen LogP contribution in [0.1, 0.15) is 33.3 Å². The minimum Gasteiger partial charge on any atom is -0.326 e. The van der Waals surface area contributed by atoms with E-state index in [1.807, 2.05) is 6.07 Å². The van der Waals surface area contributed by atoms with Gasteiger partial charge in [-0.1, -0.05) is 6.07 Å². The summed E-state index contributed by atoms with van der Waals surface area (Å²) in [5.41, 5.74) is 2.34.